The van der Waals surface area contributed by atoms with E-state index in [4.69, 9.17) is 4.43 Å². The predicted octanol–water partition coefficient (Wildman–Crippen LogP) is 4.39. The van der Waals surface area contributed by atoms with E-state index in [1.54, 1.807) is 0 Å². The van der Waals surface area contributed by atoms with Crippen molar-refractivity contribution in [1.82, 2.24) is 0 Å². The Bertz CT molecular complexity index is 375. The van der Waals surface area contributed by atoms with Crippen LogP contribution in [0, 0.1) is 17.3 Å². The summed E-state index contributed by atoms with van der Waals surface area (Å²) in [5.41, 5.74) is 0.0686. The van der Waals surface area contributed by atoms with Crippen LogP contribution in [0.25, 0.3) is 0 Å². The van der Waals surface area contributed by atoms with E-state index in [0.717, 1.165) is 0 Å². The molecule has 20 heavy (non-hydrogen) atoms. The average Bonchev–Trinajstić information content (AvgIpc) is 2.44. The molecule has 0 fully saturated rings. The second-order valence-electron chi connectivity index (χ2n) is 8.12. The molecular weight excluding hydrogens is 264 g/mol. The van der Waals surface area contributed by atoms with Crippen LogP contribution in [0.3, 0.4) is 0 Å². The fourth-order valence-electron chi connectivity index (χ4n) is 1.98. The van der Waals surface area contributed by atoms with Crippen molar-refractivity contribution in [2.24, 2.45) is 17.3 Å². The minimum atomic E-state index is -1.72. The number of hydrogen-bond acceptors (Lipinski definition) is 2. The van der Waals surface area contributed by atoms with Crippen molar-refractivity contribution in [2.75, 3.05) is 13.2 Å². The van der Waals surface area contributed by atoms with E-state index in [1.807, 2.05) is 0 Å². The van der Waals surface area contributed by atoms with Crippen molar-refractivity contribution in [3.05, 3.63) is 24.3 Å². The third kappa shape index (κ3) is 4.57. The van der Waals surface area contributed by atoms with Crippen LogP contribution in [-0.4, -0.2) is 26.6 Å². The van der Waals surface area contributed by atoms with Gasteiger partial charge in [0.15, 0.2) is 8.32 Å². The van der Waals surface area contributed by atoms with Crippen molar-refractivity contribution in [1.29, 1.82) is 0 Å². The maximum absolute atomic E-state index is 9.62. The van der Waals surface area contributed by atoms with Crippen LogP contribution >= 0.6 is 0 Å². The third-order valence-corrected chi connectivity index (χ3v) is 9.25. The van der Waals surface area contributed by atoms with E-state index >= 15 is 0 Å². The highest BCUT2D eigenvalue weighted by Crippen LogP contribution is 2.37. The van der Waals surface area contributed by atoms with Gasteiger partial charge in [-0.1, -0.05) is 58.9 Å². The third-order valence-electron chi connectivity index (χ3n) is 4.75. The van der Waals surface area contributed by atoms with Gasteiger partial charge in [-0.15, -0.1) is 0 Å². The van der Waals surface area contributed by atoms with Crippen LogP contribution < -0.4 is 0 Å². The van der Waals surface area contributed by atoms with Gasteiger partial charge < -0.3 is 9.53 Å². The van der Waals surface area contributed by atoms with Crippen molar-refractivity contribution in [2.45, 2.75) is 52.8 Å². The van der Waals surface area contributed by atoms with E-state index in [9.17, 15) is 5.11 Å². The molecule has 116 valence electrons. The summed E-state index contributed by atoms with van der Waals surface area (Å²) in [6.07, 6.45) is 8.81. The SMILES string of the molecule is CC1(C)C=C[C@H](CO[Si](C)(C)C(C)(C)C)[C@H](CO)C=C1. The van der Waals surface area contributed by atoms with Gasteiger partial charge in [0.05, 0.1) is 0 Å². The van der Waals surface area contributed by atoms with Crippen LogP contribution in [0.1, 0.15) is 34.6 Å². The molecule has 0 aliphatic heterocycles. The normalized spacial score (nSPS) is 26.6. The second-order valence-corrected chi connectivity index (χ2v) is 12.9. The summed E-state index contributed by atoms with van der Waals surface area (Å²) >= 11 is 0. The lowest BCUT2D eigenvalue weighted by Crippen LogP contribution is -2.42. The van der Waals surface area contributed by atoms with Gasteiger partial charge in [-0.3, -0.25) is 0 Å². The number of rotatable bonds is 4. The lowest BCUT2D eigenvalue weighted by Gasteiger charge is -2.37. The Kier molecular flexibility index (Phi) is 5.44. The fraction of sp³-hybridized carbons (Fsp3) is 0.765. The molecule has 0 aromatic rings. The Morgan fingerprint density at radius 2 is 1.60 bits per heavy atom. The first-order valence-electron chi connectivity index (χ1n) is 7.62. The summed E-state index contributed by atoms with van der Waals surface area (Å²) in [5, 5.41) is 9.84. The van der Waals surface area contributed by atoms with Crippen molar-refractivity contribution in [3.8, 4) is 0 Å². The molecule has 1 aliphatic rings. The van der Waals surface area contributed by atoms with E-state index in [-0.39, 0.29) is 28.9 Å². The van der Waals surface area contributed by atoms with E-state index in [2.05, 4.69) is 72.0 Å². The van der Waals surface area contributed by atoms with Crippen LogP contribution in [0.5, 0.6) is 0 Å². The maximum atomic E-state index is 9.62. The Morgan fingerprint density at radius 1 is 1.10 bits per heavy atom. The molecule has 0 radical (unpaired) electrons. The molecule has 2 nitrogen and oxygen atoms in total. The molecule has 0 aromatic heterocycles. The molecule has 0 spiro atoms. The average molecular weight is 297 g/mol. The van der Waals surface area contributed by atoms with Crippen LogP contribution in [0.15, 0.2) is 24.3 Å². The lowest BCUT2D eigenvalue weighted by atomic mass is 9.93. The van der Waals surface area contributed by atoms with Gasteiger partial charge in [0.1, 0.15) is 0 Å². The number of allylic oxidation sites excluding steroid dienone is 2. The van der Waals surface area contributed by atoms with Crippen LogP contribution in [0.2, 0.25) is 18.1 Å². The van der Waals surface area contributed by atoms with E-state index in [0.29, 0.717) is 6.61 Å². The molecule has 1 aliphatic carbocycles. The highest BCUT2D eigenvalue weighted by molar-refractivity contribution is 6.74. The zero-order valence-corrected chi connectivity index (χ0v) is 15.2. The highest BCUT2D eigenvalue weighted by Gasteiger charge is 2.38. The largest absolute Gasteiger partial charge is 0.416 e. The fourth-order valence-corrected chi connectivity index (χ4v) is 3.02. The zero-order valence-electron chi connectivity index (χ0n) is 14.2. The number of aliphatic hydroxyl groups excluding tert-OH is 1. The van der Waals surface area contributed by atoms with Gasteiger partial charge in [0.25, 0.3) is 0 Å². The molecule has 2 atom stereocenters. The summed E-state index contributed by atoms with van der Waals surface area (Å²) in [7, 11) is -1.72. The van der Waals surface area contributed by atoms with Gasteiger partial charge in [0, 0.05) is 30.5 Å². The Balaban J connectivity index is 2.78. The van der Waals surface area contributed by atoms with Crippen molar-refractivity contribution < 1.29 is 9.53 Å². The van der Waals surface area contributed by atoms with Gasteiger partial charge in [-0.2, -0.15) is 0 Å². The molecule has 0 unspecified atom stereocenters. The van der Waals surface area contributed by atoms with Crippen molar-refractivity contribution >= 4 is 8.32 Å². The Hall–Kier alpha value is -0.383. The van der Waals surface area contributed by atoms with Crippen LogP contribution in [0.4, 0.5) is 0 Å². The van der Waals surface area contributed by atoms with E-state index in [1.165, 1.54) is 0 Å². The molecule has 0 amide bonds. The summed E-state index contributed by atoms with van der Waals surface area (Å²) in [6, 6.07) is 0. The van der Waals surface area contributed by atoms with Gasteiger partial charge in [0.2, 0.25) is 0 Å². The first-order chi connectivity index (χ1) is 8.98. The highest BCUT2D eigenvalue weighted by atomic mass is 28.4. The molecular formula is C17H32O2Si. The van der Waals surface area contributed by atoms with Crippen LogP contribution in [-0.2, 0) is 4.43 Å². The Morgan fingerprint density at radius 3 is 2.05 bits per heavy atom. The second kappa shape index (κ2) is 6.16. The molecule has 3 heteroatoms. The Labute approximate surface area is 126 Å². The first-order valence-corrected chi connectivity index (χ1v) is 10.5. The topological polar surface area (TPSA) is 29.5 Å². The maximum Gasteiger partial charge on any atom is 0.192 e. The first kappa shape index (κ1) is 17.7. The molecule has 1 rings (SSSR count). The summed E-state index contributed by atoms with van der Waals surface area (Å²) in [6.45, 7) is 16.6. The number of aliphatic hydroxyl groups is 1. The summed E-state index contributed by atoms with van der Waals surface area (Å²) in [4.78, 5) is 0. The smallest absolute Gasteiger partial charge is 0.192 e. The van der Waals surface area contributed by atoms with E-state index < -0.39 is 8.32 Å². The molecule has 0 heterocycles. The quantitative estimate of drug-likeness (QED) is 0.616. The molecule has 0 bridgehead atoms. The zero-order chi connectivity index (χ0) is 15.6. The minimum absolute atomic E-state index is 0.0686. The lowest BCUT2D eigenvalue weighted by molar-refractivity contribution is 0.173. The monoisotopic (exact) mass is 296 g/mol. The molecule has 0 saturated carbocycles. The summed E-state index contributed by atoms with van der Waals surface area (Å²) in [5.74, 6) is 0.435. The molecule has 0 aromatic carbocycles. The van der Waals surface area contributed by atoms with Gasteiger partial charge in [-0.05, 0) is 18.1 Å². The standard InChI is InChI=1S/C17H32O2Si/c1-16(2,3)20(6,7)19-13-15-9-11-17(4,5)10-8-14(15)12-18/h8-11,14-15,18H,12-13H2,1-7H3/t14-,15+/m0/s1. The molecule has 0 saturated heterocycles. The van der Waals surface area contributed by atoms with Gasteiger partial charge >= 0.3 is 0 Å². The van der Waals surface area contributed by atoms with Crippen molar-refractivity contribution in [3.63, 3.8) is 0 Å². The number of hydrogen-bond donors (Lipinski definition) is 1. The van der Waals surface area contributed by atoms with Gasteiger partial charge in [-0.25, -0.2) is 0 Å². The predicted molar refractivity (Wildman–Crippen MR) is 89.3 cm³/mol. The molecule has 1 N–H and O–H groups in total. The summed E-state index contributed by atoms with van der Waals surface area (Å²) < 4.78 is 6.33. The minimum Gasteiger partial charge on any atom is -0.416 e.